The molecule has 5 heteroatoms. The molecular weight excluding hydrogens is 185 g/mol. The first-order valence-electron chi connectivity index (χ1n) is 3.24. The summed E-state index contributed by atoms with van der Waals surface area (Å²) in [5.41, 5.74) is 0.859. The number of hydrogen-bond acceptors (Lipinski definition) is 4. The summed E-state index contributed by atoms with van der Waals surface area (Å²) in [5.74, 6) is -1.66. The number of carboxylic acid groups (broad SMARTS) is 1. The third-order valence-corrected chi connectivity index (χ3v) is 2.51. The maximum atomic E-state index is 10.4. The van der Waals surface area contributed by atoms with Gasteiger partial charge in [0, 0.05) is 17.0 Å². The van der Waals surface area contributed by atoms with Crippen molar-refractivity contribution in [2.75, 3.05) is 0 Å². The molecule has 0 fully saturated rings. The van der Waals surface area contributed by atoms with Crippen LogP contribution in [0.5, 0.6) is 0 Å². The molecule has 60 valence electrons. The molecule has 1 aromatic heterocycles. The van der Waals surface area contributed by atoms with Gasteiger partial charge >= 0.3 is 29.6 Å². The van der Waals surface area contributed by atoms with Gasteiger partial charge in [-0.25, -0.2) is 4.98 Å². The van der Waals surface area contributed by atoms with Crippen molar-refractivity contribution in [1.29, 1.82) is 0 Å². The van der Waals surface area contributed by atoms with Gasteiger partial charge in [-0.2, -0.15) is 0 Å². The predicted octanol–water partition coefficient (Wildman–Crippen LogP) is -2.69. The van der Waals surface area contributed by atoms with Gasteiger partial charge in [0.1, 0.15) is 5.01 Å². The van der Waals surface area contributed by atoms with Crippen molar-refractivity contribution in [2.24, 2.45) is 0 Å². The average Bonchev–Trinajstić information content (AvgIpc) is 2.34. The number of aliphatic carboxylic acids is 1. The minimum absolute atomic E-state index is 0. The van der Waals surface area contributed by atoms with Crippen LogP contribution in [0, 0.1) is 6.92 Å². The Bertz CT molecular complexity index is 274. The van der Waals surface area contributed by atoms with E-state index in [-0.39, 0.29) is 29.6 Å². The summed E-state index contributed by atoms with van der Waals surface area (Å²) in [6, 6.07) is 0. The number of aromatic nitrogens is 1. The van der Waals surface area contributed by atoms with Crippen LogP contribution in [0.1, 0.15) is 23.5 Å². The summed E-state index contributed by atoms with van der Waals surface area (Å²) < 4.78 is 0. The molecule has 1 heterocycles. The zero-order valence-corrected chi connectivity index (χ0v) is 10.1. The maximum Gasteiger partial charge on any atom is 1.00 e. The van der Waals surface area contributed by atoms with E-state index in [2.05, 4.69) is 4.98 Å². The van der Waals surface area contributed by atoms with Crippen LogP contribution in [0.15, 0.2) is 5.38 Å². The van der Waals surface area contributed by atoms with Crippen molar-refractivity contribution in [1.82, 2.24) is 4.98 Å². The van der Waals surface area contributed by atoms with Crippen LogP contribution in [0.4, 0.5) is 0 Å². The van der Waals surface area contributed by atoms with Gasteiger partial charge in [-0.15, -0.1) is 11.3 Å². The largest absolute Gasteiger partial charge is 1.00 e. The SMILES string of the molecule is Cc1csc(C(C)C(=O)[O-])n1.[Na+]. The first-order valence-corrected chi connectivity index (χ1v) is 4.12. The first-order chi connectivity index (χ1) is 5.11. The second-order valence-electron chi connectivity index (χ2n) is 2.37. The monoisotopic (exact) mass is 193 g/mol. The van der Waals surface area contributed by atoms with E-state index in [1.54, 1.807) is 6.92 Å². The van der Waals surface area contributed by atoms with Gasteiger partial charge in [-0.1, -0.05) is 6.92 Å². The number of carbonyl (C=O) groups is 1. The normalized spacial score (nSPS) is 11.8. The summed E-state index contributed by atoms with van der Waals surface area (Å²) >= 11 is 1.35. The van der Waals surface area contributed by atoms with E-state index in [9.17, 15) is 9.90 Å². The average molecular weight is 193 g/mol. The molecule has 0 aliphatic carbocycles. The molecule has 0 saturated heterocycles. The molecule has 1 rings (SSSR count). The van der Waals surface area contributed by atoms with E-state index >= 15 is 0 Å². The minimum Gasteiger partial charge on any atom is -0.549 e. The van der Waals surface area contributed by atoms with E-state index in [1.165, 1.54) is 11.3 Å². The van der Waals surface area contributed by atoms with Crippen LogP contribution < -0.4 is 34.7 Å². The third kappa shape index (κ3) is 2.86. The zero-order valence-electron chi connectivity index (χ0n) is 7.33. The van der Waals surface area contributed by atoms with Crippen LogP contribution in [-0.2, 0) is 4.79 Å². The summed E-state index contributed by atoms with van der Waals surface area (Å²) in [6.07, 6.45) is 0. The summed E-state index contributed by atoms with van der Waals surface area (Å²) in [4.78, 5) is 14.4. The molecule has 0 saturated carbocycles. The van der Waals surface area contributed by atoms with Crippen molar-refractivity contribution in [3.63, 3.8) is 0 Å². The van der Waals surface area contributed by atoms with Gasteiger partial charge < -0.3 is 9.90 Å². The van der Waals surface area contributed by atoms with Crippen molar-refractivity contribution >= 4 is 17.3 Å². The van der Waals surface area contributed by atoms with Crippen LogP contribution in [-0.4, -0.2) is 11.0 Å². The van der Waals surface area contributed by atoms with Crippen molar-refractivity contribution in [2.45, 2.75) is 19.8 Å². The van der Waals surface area contributed by atoms with Gasteiger partial charge in [0.25, 0.3) is 0 Å². The quantitative estimate of drug-likeness (QED) is 0.481. The van der Waals surface area contributed by atoms with Crippen LogP contribution >= 0.6 is 11.3 Å². The molecule has 1 unspecified atom stereocenters. The Kier molecular flexibility index (Phi) is 5.01. The molecule has 1 atom stereocenters. The molecule has 3 nitrogen and oxygen atoms in total. The fourth-order valence-corrected chi connectivity index (χ4v) is 1.51. The van der Waals surface area contributed by atoms with Crippen LogP contribution in [0.25, 0.3) is 0 Å². The van der Waals surface area contributed by atoms with Gasteiger partial charge in [-0.05, 0) is 6.92 Å². The number of thiazole rings is 1. The molecule has 0 amide bonds. The van der Waals surface area contributed by atoms with E-state index in [4.69, 9.17) is 0 Å². The number of aryl methyl sites for hydroxylation is 1. The van der Waals surface area contributed by atoms with Crippen LogP contribution in [0.3, 0.4) is 0 Å². The molecule has 0 spiro atoms. The number of carbonyl (C=O) groups excluding carboxylic acids is 1. The molecular formula is C7H8NNaO2S. The molecule has 0 aromatic carbocycles. The molecule has 0 radical (unpaired) electrons. The zero-order chi connectivity index (χ0) is 8.43. The Hall–Kier alpha value is 0.100. The molecule has 0 aliphatic rings. The van der Waals surface area contributed by atoms with Gasteiger partial charge in [-0.3, -0.25) is 0 Å². The van der Waals surface area contributed by atoms with Crippen molar-refractivity contribution in [3.8, 4) is 0 Å². The van der Waals surface area contributed by atoms with E-state index in [0.29, 0.717) is 5.01 Å². The molecule has 0 bridgehead atoms. The Morgan fingerprint density at radius 2 is 2.33 bits per heavy atom. The minimum atomic E-state index is -1.07. The predicted molar refractivity (Wildman–Crippen MR) is 40.3 cm³/mol. The van der Waals surface area contributed by atoms with Crippen molar-refractivity contribution in [3.05, 3.63) is 16.1 Å². The molecule has 0 aliphatic heterocycles. The van der Waals surface area contributed by atoms with Gasteiger partial charge in [0.05, 0.1) is 5.97 Å². The Labute approximate surface area is 97.1 Å². The molecule has 0 N–H and O–H groups in total. The summed E-state index contributed by atoms with van der Waals surface area (Å²) in [5, 5.41) is 12.8. The number of hydrogen-bond donors (Lipinski definition) is 0. The van der Waals surface area contributed by atoms with E-state index in [0.717, 1.165) is 5.69 Å². The third-order valence-electron chi connectivity index (χ3n) is 1.36. The van der Waals surface area contributed by atoms with E-state index in [1.807, 2.05) is 12.3 Å². The topological polar surface area (TPSA) is 53.0 Å². The summed E-state index contributed by atoms with van der Waals surface area (Å²) in [6.45, 7) is 3.41. The first kappa shape index (κ1) is 12.1. The van der Waals surface area contributed by atoms with Crippen molar-refractivity contribution < 1.29 is 39.5 Å². The van der Waals surface area contributed by atoms with E-state index < -0.39 is 11.9 Å². The van der Waals surface area contributed by atoms with Crippen LogP contribution in [0.2, 0.25) is 0 Å². The standard InChI is InChI=1S/C7H9NO2S.Na/c1-4-3-11-6(8-4)5(2)7(9)10;/h3,5H,1-2H3,(H,9,10);/q;+1/p-1. The number of carboxylic acids is 1. The number of rotatable bonds is 2. The maximum absolute atomic E-state index is 10.4. The summed E-state index contributed by atoms with van der Waals surface area (Å²) in [7, 11) is 0. The molecule has 1 aromatic rings. The van der Waals surface area contributed by atoms with Gasteiger partial charge in [0.15, 0.2) is 0 Å². The molecule has 12 heavy (non-hydrogen) atoms. The fraction of sp³-hybridized carbons (Fsp3) is 0.429. The Morgan fingerprint density at radius 3 is 2.67 bits per heavy atom. The Balaban J connectivity index is 0.00000121. The number of nitrogens with zero attached hydrogens (tertiary/aromatic N) is 1. The Morgan fingerprint density at radius 1 is 1.75 bits per heavy atom. The second kappa shape index (κ2) is 4.97. The smallest absolute Gasteiger partial charge is 0.549 e. The fourth-order valence-electron chi connectivity index (χ4n) is 0.672. The van der Waals surface area contributed by atoms with Gasteiger partial charge in [0.2, 0.25) is 0 Å². The second-order valence-corrected chi connectivity index (χ2v) is 3.26.